The largest absolute Gasteiger partial charge is 0.389 e. The minimum absolute atomic E-state index is 0.0401. The van der Waals surface area contributed by atoms with Gasteiger partial charge < -0.3 is 15.3 Å². The van der Waals surface area contributed by atoms with Crippen molar-refractivity contribution in [2.45, 2.75) is 52.6 Å². The summed E-state index contributed by atoms with van der Waals surface area (Å²) in [5, 5.41) is 12.4. The maximum atomic E-state index is 12.3. The molecule has 1 unspecified atom stereocenters. The van der Waals surface area contributed by atoms with Crippen LogP contribution in [-0.4, -0.2) is 29.1 Å². The highest BCUT2D eigenvalue weighted by Crippen LogP contribution is 2.16. The van der Waals surface area contributed by atoms with Crippen LogP contribution in [-0.2, 0) is 0 Å². The van der Waals surface area contributed by atoms with E-state index in [1.54, 1.807) is 6.92 Å². The number of nitrogens with one attached hydrogen (secondary N) is 1. The van der Waals surface area contributed by atoms with Crippen molar-refractivity contribution in [3.8, 4) is 0 Å². The Bertz CT molecular complexity index is 407. The summed E-state index contributed by atoms with van der Waals surface area (Å²) in [6.07, 6.45) is 3.73. The Morgan fingerprint density at radius 1 is 1.14 bits per heavy atom. The molecule has 0 heterocycles. The maximum absolute atomic E-state index is 12.3. The van der Waals surface area contributed by atoms with Gasteiger partial charge in [0.15, 0.2) is 0 Å². The molecule has 1 aromatic rings. The lowest BCUT2D eigenvalue weighted by Crippen LogP contribution is -2.36. The van der Waals surface area contributed by atoms with Gasteiger partial charge in [-0.25, -0.2) is 4.79 Å². The SMILES string of the molecule is CCCCN(CCCC)C(=O)Nc1ccc(C(C)O)cc1. The third-order valence-corrected chi connectivity index (χ3v) is 3.49. The Morgan fingerprint density at radius 2 is 1.67 bits per heavy atom. The van der Waals surface area contributed by atoms with E-state index in [0.29, 0.717) is 0 Å². The summed E-state index contributed by atoms with van der Waals surface area (Å²) in [6.45, 7) is 7.59. The Balaban J connectivity index is 2.62. The number of benzene rings is 1. The highest BCUT2D eigenvalue weighted by Gasteiger charge is 2.12. The first kappa shape index (κ1) is 17.5. The number of unbranched alkanes of at least 4 members (excludes halogenated alkanes) is 2. The van der Waals surface area contributed by atoms with E-state index in [2.05, 4.69) is 19.2 Å². The van der Waals surface area contributed by atoms with Gasteiger partial charge >= 0.3 is 6.03 Å². The van der Waals surface area contributed by atoms with E-state index in [9.17, 15) is 9.90 Å². The summed E-state index contributed by atoms with van der Waals surface area (Å²) in [5.74, 6) is 0. The summed E-state index contributed by atoms with van der Waals surface area (Å²) >= 11 is 0. The summed E-state index contributed by atoms with van der Waals surface area (Å²) in [4.78, 5) is 14.2. The van der Waals surface area contributed by atoms with E-state index >= 15 is 0 Å². The Morgan fingerprint density at radius 3 is 2.10 bits per heavy atom. The standard InChI is InChI=1S/C17H28N2O2/c1-4-6-12-19(13-7-5-2)17(21)18-16-10-8-15(9-11-16)14(3)20/h8-11,14,20H,4-7,12-13H2,1-3H3,(H,18,21). The van der Waals surface area contributed by atoms with Crippen molar-refractivity contribution in [2.24, 2.45) is 0 Å². The molecule has 1 aromatic carbocycles. The number of hydrogen-bond acceptors (Lipinski definition) is 2. The number of hydrogen-bond donors (Lipinski definition) is 2. The van der Waals surface area contributed by atoms with E-state index in [1.165, 1.54) is 0 Å². The van der Waals surface area contributed by atoms with Crippen molar-refractivity contribution in [1.82, 2.24) is 4.90 Å². The molecule has 4 heteroatoms. The lowest BCUT2D eigenvalue weighted by molar-refractivity contribution is 0.199. The third-order valence-electron chi connectivity index (χ3n) is 3.49. The lowest BCUT2D eigenvalue weighted by Gasteiger charge is -2.23. The molecule has 0 radical (unpaired) electrons. The molecule has 0 fully saturated rings. The van der Waals surface area contributed by atoms with Crippen molar-refractivity contribution in [1.29, 1.82) is 0 Å². The van der Waals surface area contributed by atoms with Crippen LogP contribution in [0, 0.1) is 0 Å². The predicted octanol–water partition coefficient (Wildman–Crippen LogP) is 4.17. The molecule has 0 saturated heterocycles. The molecule has 0 aliphatic carbocycles. The second-order valence-corrected chi connectivity index (χ2v) is 5.42. The molecule has 0 aromatic heterocycles. The maximum Gasteiger partial charge on any atom is 0.321 e. The van der Waals surface area contributed by atoms with Gasteiger partial charge in [-0.15, -0.1) is 0 Å². The first-order valence-corrected chi connectivity index (χ1v) is 7.92. The zero-order valence-corrected chi connectivity index (χ0v) is 13.4. The van der Waals surface area contributed by atoms with E-state index in [1.807, 2.05) is 29.2 Å². The van der Waals surface area contributed by atoms with Gasteiger partial charge in [-0.3, -0.25) is 0 Å². The van der Waals surface area contributed by atoms with Gasteiger partial charge in [0.05, 0.1) is 6.10 Å². The van der Waals surface area contributed by atoms with Gasteiger partial charge in [-0.05, 0) is 37.5 Å². The quantitative estimate of drug-likeness (QED) is 0.755. The Hall–Kier alpha value is -1.55. The van der Waals surface area contributed by atoms with Crippen molar-refractivity contribution in [3.05, 3.63) is 29.8 Å². The van der Waals surface area contributed by atoms with Crippen molar-refractivity contribution >= 4 is 11.7 Å². The van der Waals surface area contributed by atoms with Gasteiger partial charge in [0, 0.05) is 18.8 Å². The average Bonchev–Trinajstić information content (AvgIpc) is 2.47. The molecule has 118 valence electrons. The van der Waals surface area contributed by atoms with Crippen LogP contribution < -0.4 is 5.32 Å². The molecular weight excluding hydrogens is 264 g/mol. The highest BCUT2D eigenvalue weighted by molar-refractivity contribution is 5.89. The highest BCUT2D eigenvalue weighted by atomic mass is 16.3. The third kappa shape index (κ3) is 6.17. The topological polar surface area (TPSA) is 52.6 Å². The van der Waals surface area contributed by atoms with E-state index < -0.39 is 6.10 Å². The molecule has 2 N–H and O–H groups in total. The van der Waals surface area contributed by atoms with Crippen LogP contribution in [0.4, 0.5) is 10.5 Å². The fourth-order valence-corrected chi connectivity index (χ4v) is 2.06. The van der Waals surface area contributed by atoms with Gasteiger partial charge in [0.25, 0.3) is 0 Å². The summed E-state index contributed by atoms with van der Waals surface area (Å²) in [5.41, 5.74) is 1.62. The lowest BCUT2D eigenvalue weighted by atomic mass is 10.1. The molecule has 2 amide bonds. The van der Waals surface area contributed by atoms with E-state index in [-0.39, 0.29) is 6.03 Å². The molecule has 0 aliphatic heterocycles. The minimum Gasteiger partial charge on any atom is -0.389 e. The van der Waals surface area contributed by atoms with Crippen LogP contribution in [0.25, 0.3) is 0 Å². The molecular formula is C17H28N2O2. The number of carbonyl (C=O) groups excluding carboxylic acids is 1. The van der Waals surface area contributed by atoms with Gasteiger partial charge in [0.2, 0.25) is 0 Å². The van der Waals surface area contributed by atoms with Crippen LogP contribution in [0.2, 0.25) is 0 Å². The second kappa shape index (κ2) is 9.40. The van der Waals surface area contributed by atoms with Gasteiger partial charge in [-0.2, -0.15) is 0 Å². The first-order valence-electron chi connectivity index (χ1n) is 7.92. The number of nitrogens with zero attached hydrogens (tertiary/aromatic N) is 1. The Labute approximate surface area is 128 Å². The molecule has 1 atom stereocenters. The number of amides is 2. The van der Waals surface area contributed by atoms with E-state index in [0.717, 1.165) is 50.0 Å². The second-order valence-electron chi connectivity index (χ2n) is 5.42. The minimum atomic E-state index is -0.486. The zero-order chi connectivity index (χ0) is 15.7. The zero-order valence-electron chi connectivity index (χ0n) is 13.4. The van der Waals surface area contributed by atoms with Crippen molar-refractivity contribution in [2.75, 3.05) is 18.4 Å². The van der Waals surface area contributed by atoms with Gasteiger partial charge in [0.1, 0.15) is 0 Å². The van der Waals surface area contributed by atoms with Gasteiger partial charge in [-0.1, -0.05) is 38.8 Å². The van der Waals surface area contributed by atoms with Crippen LogP contribution in [0.3, 0.4) is 0 Å². The summed E-state index contributed by atoms with van der Waals surface area (Å²) in [6, 6.07) is 7.29. The molecule has 1 rings (SSSR count). The summed E-state index contributed by atoms with van der Waals surface area (Å²) < 4.78 is 0. The van der Waals surface area contributed by atoms with Crippen LogP contribution in [0.15, 0.2) is 24.3 Å². The van der Waals surface area contributed by atoms with Crippen LogP contribution >= 0.6 is 0 Å². The average molecular weight is 292 g/mol. The molecule has 0 saturated carbocycles. The molecule has 4 nitrogen and oxygen atoms in total. The monoisotopic (exact) mass is 292 g/mol. The molecule has 0 bridgehead atoms. The molecule has 21 heavy (non-hydrogen) atoms. The van der Waals surface area contributed by atoms with Crippen molar-refractivity contribution < 1.29 is 9.90 Å². The Kier molecular flexibility index (Phi) is 7.83. The number of anilines is 1. The van der Waals surface area contributed by atoms with Crippen LogP contribution in [0.5, 0.6) is 0 Å². The van der Waals surface area contributed by atoms with Crippen molar-refractivity contribution in [3.63, 3.8) is 0 Å². The molecule has 0 aliphatic rings. The summed E-state index contributed by atoms with van der Waals surface area (Å²) in [7, 11) is 0. The number of rotatable bonds is 8. The number of aliphatic hydroxyl groups excluding tert-OH is 1. The number of carbonyl (C=O) groups is 1. The smallest absolute Gasteiger partial charge is 0.321 e. The number of urea groups is 1. The molecule has 0 spiro atoms. The normalized spacial score (nSPS) is 12.0. The fourth-order valence-electron chi connectivity index (χ4n) is 2.06. The van der Waals surface area contributed by atoms with E-state index in [4.69, 9.17) is 0 Å². The number of aliphatic hydroxyl groups is 1. The van der Waals surface area contributed by atoms with Crippen LogP contribution in [0.1, 0.15) is 58.1 Å². The fraction of sp³-hybridized carbons (Fsp3) is 0.588. The predicted molar refractivity (Wildman–Crippen MR) is 87.5 cm³/mol. The first-order chi connectivity index (χ1) is 10.1.